The average Bonchev–Trinajstić information content (AvgIpc) is 3.26. The van der Waals surface area contributed by atoms with Crippen LogP contribution in [-0.4, -0.2) is 33.5 Å². The van der Waals surface area contributed by atoms with E-state index in [1.807, 2.05) is 52.9 Å². The number of halogens is 1. The Kier molecular flexibility index (Phi) is 5.75. The van der Waals surface area contributed by atoms with Crippen LogP contribution < -0.4 is 4.74 Å². The predicted octanol–water partition coefficient (Wildman–Crippen LogP) is 5.63. The zero-order valence-electron chi connectivity index (χ0n) is 19.0. The topological polar surface area (TPSA) is 47.4 Å². The summed E-state index contributed by atoms with van der Waals surface area (Å²) in [4.78, 5) is 19.9. The number of carbonyl (C=O) groups is 1. The molecule has 0 N–H and O–H groups in total. The first kappa shape index (κ1) is 21.4. The van der Waals surface area contributed by atoms with Gasteiger partial charge in [0.1, 0.15) is 11.6 Å². The van der Waals surface area contributed by atoms with Gasteiger partial charge in [0, 0.05) is 17.8 Å². The van der Waals surface area contributed by atoms with E-state index < -0.39 is 0 Å². The second-order valence-corrected chi connectivity index (χ2v) is 8.93. The second kappa shape index (κ2) is 8.85. The summed E-state index contributed by atoms with van der Waals surface area (Å²) in [5.74, 6) is 0.530. The number of imidazole rings is 1. The number of hydrogen-bond acceptors (Lipinski definition) is 3. The molecule has 0 spiro atoms. The van der Waals surface area contributed by atoms with Gasteiger partial charge in [0.2, 0.25) is 0 Å². The fourth-order valence-electron chi connectivity index (χ4n) is 5.19. The van der Waals surface area contributed by atoms with Crippen LogP contribution in [0.3, 0.4) is 0 Å². The Morgan fingerprint density at radius 2 is 2.03 bits per heavy atom. The van der Waals surface area contributed by atoms with E-state index in [2.05, 4.69) is 4.98 Å². The third-order valence-electron chi connectivity index (χ3n) is 6.77. The lowest BCUT2D eigenvalue weighted by molar-refractivity contribution is -0.136. The molecule has 5 nitrogen and oxygen atoms in total. The van der Waals surface area contributed by atoms with Gasteiger partial charge in [-0.3, -0.25) is 4.79 Å². The van der Waals surface area contributed by atoms with E-state index >= 15 is 0 Å². The summed E-state index contributed by atoms with van der Waals surface area (Å²) in [6.45, 7) is 1.95. The van der Waals surface area contributed by atoms with Gasteiger partial charge in [-0.05, 0) is 80.5 Å². The first-order valence-electron chi connectivity index (χ1n) is 11.5. The van der Waals surface area contributed by atoms with Gasteiger partial charge in [0.15, 0.2) is 0 Å². The molecule has 3 aromatic rings. The Morgan fingerprint density at radius 3 is 2.79 bits per heavy atom. The molecule has 2 aliphatic rings. The van der Waals surface area contributed by atoms with E-state index in [1.165, 1.54) is 6.07 Å². The van der Waals surface area contributed by atoms with Gasteiger partial charge in [0.05, 0.1) is 30.9 Å². The summed E-state index contributed by atoms with van der Waals surface area (Å²) >= 11 is 0. The number of piperidine rings is 2. The lowest BCUT2D eigenvalue weighted by Crippen LogP contribution is -2.49. The van der Waals surface area contributed by atoms with Crippen molar-refractivity contribution in [2.75, 3.05) is 7.11 Å². The SMILES string of the molecule is COc1cc(C=C2CC[C@H]3CCC[C@@H](c4cccc(F)c4)N3C2=O)ccc1-n1cnc(C)c1. The van der Waals surface area contributed by atoms with E-state index in [0.29, 0.717) is 0 Å². The van der Waals surface area contributed by atoms with Crippen LogP contribution in [0.25, 0.3) is 11.8 Å². The molecule has 33 heavy (non-hydrogen) atoms. The van der Waals surface area contributed by atoms with Crippen molar-refractivity contribution < 1.29 is 13.9 Å². The Labute approximate surface area is 193 Å². The highest BCUT2D eigenvalue weighted by Crippen LogP contribution is 2.41. The number of benzene rings is 2. The second-order valence-electron chi connectivity index (χ2n) is 8.93. The summed E-state index contributed by atoms with van der Waals surface area (Å²) in [6.07, 6.45) is 10.3. The van der Waals surface area contributed by atoms with Gasteiger partial charge in [-0.15, -0.1) is 0 Å². The van der Waals surface area contributed by atoms with Gasteiger partial charge in [-0.1, -0.05) is 18.2 Å². The fourth-order valence-corrected chi connectivity index (χ4v) is 5.19. The van der Waals surface area contributed by atoms with Crippen molar-refractivity contribution in [2.45, 2.75) is 51.1 Å². The van der Waals surface area contributed by atoms with Crippen molar-refractivity contribution in [3.8, 4) is 11.4 Å². The number of aromatic nitrogens is 2. The standard InChI is InChI=1S/C27H28FN3O2/c1-18-16-30(17-29-18)25-12-9-19(14-26(25)33-2)13-21-10-11-23-7-4-8-24(31(23)27(21)32)20-5-3-6-22(28)15-20/h3,5-6,9,12-17,23-24H,4,7-8,10-11H2,1-2H3/t23-,24+/m1/s1. The van der Waals surface area contributed by atoms with Crippen LogP contribution in [0.4, 0.5) is 4.39 Å². The number of methoxy groups -OCH3 is 1. The van der Waals surface area contributed by atoms with Crippen molar-refractivity contribution in [3.63, 3.8) is 0 Å². The van der Waals surface area contributed by atoms with Crippen molar-refractivity contribution in [1.82, 2.24) is 14.5 Å². The van der Waals surface area contributed by atoms with E-state index in [9.17, 15) is 9.18 Å². The van der Waals surface area contributed by atoms with Crippen LogP contribution in [0, 0.1) is 12.7 Å². The summed E-state index contributed by atoms with van der Waals surface area (Å²) in [6, 6.07) is 12.8. The molecule has 2 aromatic carbocycles. The zero-order chi connectivity index (χ0) is 22.9. The third kappa shape index (κ3) is 4.17. The fraction of sp³-hybridized carbons (Fsp3) is 0.333. The molecule has 0 bridgehead atoms. The molecule has 170 valence electrons. The van der Waals surface area contributed by atoms with Crippen molar-refractivity contribution in [3.05, 3.63) is 83.2 Å². The number of aryl methyl sites for hydroxylation is 1. The summed E-state index contributed by atoms with van der Waals surface area (Å²) in [5, 5.41) is 0. The van der Waals surface area contributed by atoms with E-state index in [4.69, 9.17) is 4.74 Å². The Bertz CT molecular complexity index is 1220. The minimum absolute atomic E-state index is 0.0634. The van der Waals surface area contributed by atoms with Gasteiger partial charge >= 0.3 is 0 Å². The van der Waals surface area contributed by atoms with Crippen molar-refractivity contribution in [1.29, 1.82) is 0 Å². The normalized spacial score (nSPS) is 21.8. The van der Waals surface area contributed by atoms with Crippen LogP contribution in [0.1, 0.15) is 55.0 Å². The maximum Gasteiger partial charge on any atom is 0.250 e. The minimum Gasteiger partial charge on any atom is -0.495 e. The maximum atomic E-state index is 13.9. The average molecular weight is 446 g/mol. The third-order valence-corrected chi connectivity index (χ3v) is 6.77. The quantitative estimate of drug-likeness (QED) is 0.489. The number of carbonyl (C=O) groups excluding carboxylic acids is 1. The molecule has 3 heterocycles. The summed E-state index contributed by atoms with van der Waals surface area (Å²) < 4.78 is 21.5. The number of nitrogens with zero attached hydrogens (tertiary/aromatic N) is 3. The molecule has 0 radical (unpaired) electrons. The largest absolute Gasteiger partial charge is 0.495 e. The Balaban J connectivity index is 1.45. The summed E-state index contributed by atoms with van der Waals surface area (Å²) in [7, 11) is 1.65. The van der Waals surface area contributed by atoms with E-state index in [0.717, 1.165) is 65.9 Å². The van der Waals surface area contributed by atoms with Gasteiger partial charge in [-0.25, -0.2) is 9.37 Å². The highest BCUT2D eigenvalue weighted by atomic mass is 19.1. The van der Waals surface area contributed by atoms with Gasteiger partial charge in [-0.2, -0.15) is 0 Å². The molecule has 1 amide bonds. The monoisotopic (exact) mass is 445 g/mol. The molecule has 1 aromatic heterocycles. The lowest BCUT2D eigenvalue weighted by atomic mass is 9.84. The molecule has 0 saturated carbocycles. The molecule has 0 aliphatic carbocycles. The van der Waals surface area contributed by atoms with Gasteiger partial charge < -0.3 is 14.2 Å². The highest BCUT2D eigenvalue weighted by molar-refractivity contribution is 5.99. The number of hydrogen-bond donors (Lipinski definition) is 0. The van der Waals surface area contributed by atoms with Crippen LogP contribution in [0.15, 0.2) is 60.6 Å². The highest BCUT2D eigenvalue weighted by Gasteiger charge is 2.39. The first-order chi connectivity index (χ1) is 16.0. The van der Waals surface area contributed by atoms with E-state index in [1.54, 1.807) is 25.6 Å². The first-order valence-corrected chi connectivity index (χ1v) is 11.5. The Morgan fingerprint density at radius 1 is 1.15 bits per heavy atom. The number of amides is 1. The molecule has 2 atom stereocenters. The van der Waals surface area contributed by atoms with Crippen LogP contribution in [-0.2, 0) is 4.79 Å². The number of rotatable bonds is 4. The number of ether oxygens (including phenoxy) is 1. The molecular weight excluding hydrogens is 417 g/mol. The molecular formula is C27H28FN3O2. The predicted molar refractivity (Wildman–Crippen MR) is 126 cm³/mol. The zero-order valence-corrected chi connectivity index (χ0v) is 19.0. The van der Waals surface area contributed by atoms with Crippen molar-refractivity contribution in [2.24, 2.45) is 0 Å². The summed E-state index contributed by atoms with van der Waals surface area (Å²) in [5.41, 5.74) is 4.44. The van der Waals surface area contributed by atoms with Crippen LogP contribution >= 0.6 is 0 Å². The molecule has 2 fully saturated rings. The molecule has 2 aliphatic heterocycles. The number of fused-ring (bicyclic) bond motifs is 1. The van der Waals surface area contributed by atoms with Crippen LogP contribution in [0.5, 0.6) is 5.75 Å². The minimum atomic E-state index is -0.255. The van der Waals surface area contributed by atoms with Crippen molar-refractivity contribution >= 4 is 12.0 Å². The van der Waals surface area contributed by atoms with Crippen LogP contribution in [0.2, 0.25) is 0 Å². The van der Waals surface area contributed by atoms with Gasteiger partial charge in [0.25, 0.3) is 5.91 Å². The van der Waals surface area contributed by atoms with E-state index in [-0.39, 0.29) is 23.8 Å². The molecule has 6 heteroatoms. The molecule has 2 saturated heterocycles. The molecule has 5 rings (SSSR count). The smallest absolute Gasteiger partial charge is 0.250 e. The maximum absolute atomic E-state index is 13.9. The molecule has 0 unspecified atom stereocenters. The lowest BCUT2D eigenvalue weighted by Gasteiger charge is -2.46. The Hall–Kier alpha value is -3.41.